The van der Waals surface area contributed by atoms with Crippen LogP contribution < -0.4 is 86.2 Å². The lowest BCUT2D eigenvalue weighted by Gasteiger charge is -2.19. The fourth-order valence-corrected chi connectivity index (χ4v) is 10.5. The summed E-state index contributed by atoms with van der Waals surface area (Å²) in [4.78, 5) is 0. The molecule has 8 heteroatoms. The predicted octanol–water partition coefficient (Wildman–Crippen LogP) is 4.95. The highest BCUT2D eigenvalue weighted by molar-refractivity contribution is 5.96. The molecule has 9 aromatic rings. The number of aromatic nitrogens is 4. The average molecular weight is 1300 g/mol. The number of halogens is 4. The van der Waals surface area contributed by atoms with Crippen LogP contribution in [0.5, 0.6) is 0 Å². The Morgan fingerprint density at radius 2 is 0.410 bits per heavy atom. The molecule has 0 aliphatic heterocycles. The summed E-state index contributed by atoms with van der Waals surface area (Å²) in [5.74, 6) is 0. The zero-order valence-corrected chi connectivity index (χ0v) is 52.6. The molecule has 0 spiro atoms. The van der Waals surface area contributed by atoms with E-state index >= 15 is 0 Å². The minimum Gasteiger partial charge on any atom is -1.00 e. The van der Waals surface area contributed by atoms with Crippen molar-refractivity contribution in [1.82, 2.24) is 0 Å². The van der Waals surface area contributed by atoms with E-state index < -0.39 is 0 Å². The highest BCUT2D eigenvalue weighted by Crippen LogP contribution is 2.44. The van der Waals surface area contributed by atoms with Crippen LogP contribution in [-0.2, 0) is 26.2 Å². The van der Waals surface area contributed by atoms with Gasteiger partial charge in [0.25, 0.3) is 0 Å². The van der Waals surface area contributed by atoms with Gasteiger partial charge in [0.15, 0.2) is 49.6 Å². The molecule has 4 nitrogen and oxygen atoms in total. The molecule has 9 rings (SSSR count). The fourth-order valence-electron chi connectivity index (χ4n) is 10.5. The Balaban J connectivity index is 0.00000280. The summed E-state index contributed by atoms with van der Waals surface area (Å²) >= 11 is 0. The van der Waals surface area contributed by atoms with E-state index in [0.29, 0.717) is 0 Å². The molecule has 0 saturated carbocycles. The normalized spacial score (nSPS) is 10.7. The molecule has 0 aliphatic carbocycles. The molecule has 4 aromatic heterocycles. The van der Waals surface area contributed by atoms with E-state index in [4.69, 9.17) is 0 Å². The Morgan fingerprint density at radius 3 is 0.603 bits per heavy atom. The van der Waals surface area contributed by atoms with E-state index in [2.05, 4.69) is 253 Å². The molecule has 0 radical (unpaired) electrons. The van der Waals surface area contributed by atoms with Gasteiger partial charge in [-0.3, -0.25) is 0 Å². The van der Waals surface area contributed by atoms with Crippen LogP contribution in [0.1, 0.15) is 105 Å². The van der Waals surface area contributed by atoms with E-state index in [9.17, 15) is 0 Å². The SMILES string of the molecule is CCCCC[n+]1cc(-c2ccccc2)cc(-c2cc(-c3cc(-c4ccccc4)c[n+](CCCCC)c3)c(-c3cc(-c4ccccc4)c[n+](CCCCC)c3)cc2-c2cc(-c3ccccc3)c[n+](CCCCC)c2)c1.[Br-].[Br-].[Br-].[Br-]. The van der Waals surface area contributed by atoms with E-state index in [1.165, 1.54) is 140 Å². The summed E-state index contributed by atoms with van der Waals surface area (Å²) in [6.45, 7) is 13.0. The van der Waals surface area contributed by atoms with Gasteiger partial charge in [0.2, 0.25) is 0 Å². The Hall–Kier alpha value is -5.38. The van der Waals surface area contributed by atoms with Crippen LogP contribution in [0, 0.1) is 0 Å². The molecular formula is C70H78Br4N4. The molecule has 406 valence electrons. The second-order valence-electron chi connectivity index (χ2n) is 20.4. The first-order chi connectivity index (χ1) is 36.5. The van der Waals surface area contributed by atoms with Crippen LogP contribution >= 0.6 is 0 Å². The summed E-state index contributed by atoms with van der Waals surface area (Å²) in [5, 5.41) is 0. The average Bonchev–Trinajstić information content (AvgIpc) is 3.48. The number of aryl methyl sites for hydroxylation is 4. The maximum atomic E-state index is 2.57. The Bertz CT molecular complexity index is 2790. The van der Waals surface area contributed by atoms with Gasteiger partial charge in [-0.2, -0.15) is 0 Å². The summed E-state index contributed by atoms with van der Waals surface area (Å²) in [5.41, 5.74) is 19.6. The van der Waals surface area contributed by atoms with Gasteiger partial charge in [-0.25, -0.2) is 18.3 Å². The Morgan fingerprint density at radius 1 is 0.218 bits per heavy atom. The van der Waals surface area contributed by atoms with Crippen LogP contribution in [0.3, 0.4) is 0 Å². The third kappa shape index (κ3) is 16.8. The summed E-state index contributed by atoms with van der Waals surface area (Å²) < 4.78 is 9.87. The molecular weight excluding hydrogens is 1220 g/mol. The van der Waals surface area contributed by atoms with Crippen molar-refractivity contribution in [3.8, 4) is 89.0 Å². The molecule has 78 heavy (non-hydrogen) atoms. The van der Waals surface area contributed by atoms with Crippen LogP contribution in [0.2, 0.25) is 0 Å². The van der Waals surface area contributed by atoms with Gasteiger partial charge in [-0.1, -0.05) is 175 Å². The first-order valence-corrected chi connectivity index (χ1v) is 28.1. The standard InChI is InChI=1S/C70H78N4.4BrH/c1-5-9-25-37-71-47-59(55-29-17-13-18-30-55)41-63(51-71)67-45-69(65-43-61(57-33-21-15-22-34-57)49-73(53-65)39-27-11-7-3)70(66-44-62(58-35-23-16-24-36-58)50-74(54-66)40-28-12-8-4)46-68(67)64-42-60(56-31-19-14-20-32-56)48-72(52-64)38-26-10-6-2;;;;/h13-24,29-36,41-54H,5-12,25-28,37-40H2,1-4H3;4*1H/q+4;;;;/p-4. The number of unbranched alkanes of at least 4 members (excludes halogenated alkanes) is 8. The van der Waals surface area contributed by atoms with Crippen molar-refractivity contribution in [3.05, 3.63) is 207 Å². The minimum atomic E-state index is 0. The predicted molar refractivity (Wildman–Crippen MR) is 309 cm³/mol. The van der Waals surface area contributed by atoms with E-state index in [0.717, 1.165) is 51.9 Å². The molecule has 4 heterocycles. The van der Waals surface area contributed by atoms with Gasteiger partial charge < -0.3 is 67.9 Å². The molecule has 0 saturated heterocycles. The second-order valence-corrected chi connectivity index (χ2v) is 20.4. The maximum absolute atomic E-state index is 2.57. The molecule has 0 aliphatic rings. The van der Waals surface area contributed by atoms with Gasteiger partial charge in [0, 0.05) is 70.2 Å². The first kappa shape index (κ1) is 63.5. The zero-order valence-electron chi connectivity index (χ0n) is 46.2. The summed E-state index contributed by atoms with van der Waals surface area (Å²) in [6, 6.07) is 58.9. The first-order valence-electron chi connectivity index (χ1n) is 28.1. The number of nitrogens with zero attached hydrogens (tertiary/aromatic N) is 4. The van der Waals surface area contributed by atoms with Gasteiger partial charge in [-0.05, 0) is 107 Å². The fraction of sp³-hybridized carbons (Fsp3) is 0.286. The molecule has 0 atom stereocenters. The van der Waals surface area contributed by atoms with Crippen molar-refractivity contribution in [2.24, 2.45) is 0 Å². The molecule has 0 amide bonds. The van der Waals surface area contributed by atoms with Crippen molar-refractivity contribution in [1.29, 1.82) is 0 Å². The number of hydrogen-bond donors (Lipinski definition) is 0. The number of hydrogen-bond acceptors (Lipinski definition) is 0. The lowest BCUT2D eigenvalue weighted by atomic mass is 9.85. The molecule has 0 fully saturated rings. The highest BCUT2D eigenvalue weighted by Gasteiger charge is 2.25. The van der Waals surface area contributed by atoms with E-state index in [-0.39, 0.29) is 67.9 Å². The second kappa shape index (κ2) is 32.6. The van der Waals surface area contributed by atoms with E-state index in [1.807, 2.05) is 0 Å². The Kier molecular flexibility index (Phi) is 26.5. The quantitative estimate of drug-likeness (QED) is 0.0603. The number of benzene rings is 5. The summed E-state index contributed by atoms with van der Waals surface area (Å²) in [6.07, 6.45) is 33.3. The smallest absolute Gasteiger partial charge is 0.176 e. The Labute approximate surface area is 509 Å². The molecule has 0 N–H and O–H groups in total. The number of pyridine rings is 4. The van der Waals surface area contributed by atoms with Crippen molar-refractivity contribution in [3.63, 3.8) is 0 Å². The lowest BCUT2D eigenvalue weighted by molar-refractivity contribution is -0.696. The number of rotatable bonds is 24. The van der Waals surface area contributed by atoms with Gasteiger partial charge in [0.05, 0.1) is 0 Å². The topological polar surface area (TPSA) is 15.5 Å². The maximum Gasteiger partial charge on any atom is 0.176 e. The van der Waals surface area contributed by atoms with Crippen molar-refractivity contribution >= 4 is 0 Å². The van der Waals surface area contributed by atoms with Crippen molar-refractivity contribution in [2.45, 2.75) is 131 Å². The molecule has 0 bridgehead atoms. The van der Waals surface area contributed by atoms with Crippen LogP contribution in [-0.4, -0.2) is 0 Å². The third-order valence-electron chi connectivity index (χ3n) is 14.6. The monoisotopic (exact) mass is 1290 g/mol. The van der Waals surface area contributed by atoms with Gasteiger partial charge >= 0.3 is 0 Å². The molecule has 0 unspecified atom stereocenters. The lowest BCUT2D eigenvalue weighted by Crippen LogP contribution is -3.00. The zero-order chi connectivity index (χ0) is 50.9. The van der Waals surface area contributed by atoms with Gasteiger partial charge in [-0.15, -0.1) is 0 Å². The highest BCUT2D eigenvalue weighted by atomic mass is 79.9. The third-order valence-corrected chi connectivity index (χ3v) is 14.6. The van der Waals surface area contributed by atoms with Crippen molar-refractivity contribution < 1.29 is 86.2 Å². The van der Waals surface area contributed by atoms with Crippen LogP contribution in [0.25, 0.3) is 89.0 Å². The van der Waals surface area contributed by atoms with E-state index in [1.54, 1.807) is 0 Å². The van der Waals surface area contributed by atoms with Gasteiger partial charge in [0.1, 0.15) is 26.2 Å². The minimum absolute atomic E-state index is 0. The molecule has 5 aromatic carbocycles. The van der Waals surface area contributed by atoms with Crippen LogP contribution in [0.15, 0.2) is 207 Å². The largest absolute Gasteiger partial charge is 1.00 e. The van der Waals surface area contributed by atoms with Crippen molar-refractivity contribution in [2.75, 3.05) is 0 Å². The van der Waals surface area contributed by atoms with Crippen LogP contribution in [0.4, 0.5) is 0 Å². The summed E-state index contributed by atoms with van der Waals surface area (Å²) in [7, 11) is 0.